The van der Waals surface area contributed by atoms with Crippen LogP contribution < -0.4 is 0 Å². The second-order valence-corrected chi connectivity index (χ2v) is 7.26. The Morgan fingerprint density at radius 1 is 1.50 bits per heavy atom. The second-order valence-electron chi connectivity index (χ2n) is 5.37. The molecule has 1 aliphatic rings. The first-order valence-electron chi connectivity index (χ1n) is 6.79. The third-order valence-corrected chi connectivity index (χ3v) is 5.52. The zero-order valence-corrected chi connectivity index (χ0v) is 12.9. The Bertz CT molecular complexity index is 565. The second kappa shape index (κ2) is 5.85. The first kappa shape index (κ1) is 15.5. The fourth-order valence-electron chi connectivity index (χ4n) is 2.45. The van der Waals surface area contributed by atoms with Crippen molar-refractivity contribution in [1.82, 2.24) is 8.87 Å². The summed E-state index contributed by atoms with van der Waals surface area (Å²) in [6, 6.07) is 1.48. The Labute approximate surface area is 120 Å². The van der Waals surface area contributed by atoms with Crippen LogP contribution in [0, 0.1) is 0 Å². The summed E-state index contributed by atoms with van der Waals surface area (Å²) in [6.45, 7) is 6.76. The highest BCUT2D eigenvalue weighted by Crippen LogP contribution is 2.24. The predicted octanol–water partition coefficient (Wildman–Crippen LogP) is 0.971. The summed E-state index contributed by atoms with van der Waals surface area (Å²) in [7, 11) is -3.54. The van der Waals surface area contributed by atoms with Crippen molar-refractivity contribution in [3.05, 3.63) is 18.0 Å². The minimum absolute atomic E-state index is 0.100. The summed E-state index contributed by atoms with van der Waals surface area (Å²) in [4.78, 5) is 0.240. The number of rotatable bonds is 4. The maximum atomic E-state index is 12.7. The van der Waals surface area contributed by atoms with Gasteiger partial charge in [-0.15, -0.1) is 0 Å². The molecule has 20 heavy (non-hydrogen) atoms. The van der Waals surface area contributed by atoms with Crippen molar-refractivity contribution in [2.45, 2.75) is 44.4 Å². The van der Waals surface area contributed by atoms with Crippen molar-refractivity contribution >= 4 is 10.0 Å². The van der Waals surface area contributed by atoms with Gasteiger partial charge < -0.3 is 14.4 Å². The number of sulfonamides is 1. The molecular weight excluding hydrogens is 280 g/mol. The molecule has 1 aromatic heterocycles. The fourth-order valence-corrected chi connectivity index (χ4v) is 4.10. The Morgan fingerprint density at radius 2 is 2.20 bits per heavy atom. The van der Waals surface area contributed by atoms with Gasteiger partial charge in [0.25, 0.3) is 0 Å². The molecule has 0 aromatic carbocycles. The molecule has 0 spiro atoms. The Kier molecular flexibility index (Phi) is 4.53. The summed E-state index contributed by atoms with van der Waals surface area (Å²) in [5.41, 5.74) is 0.611. The van der Waals surface area contributed by atoms with E-state index in [1.165, 1.54) is 4.31 Å². The number of aromatic nitrogens is 1. The molecular formula is C13H22N2O4S. The minimum Gasteiger partial charge on any atom is -0.390 e. The average molecular weight is 302 g/mol. The molecule has 1 atom stereocenters. The normalized spacial score (nSPS) is 21.6. The third kappa shape index (κ3) is 2.76. The summed E-state index contributed by atoms with van der Waals surface area (Å²) < 4.78 is 33.9. The summed E-state index contributed by atoms with van der Waals surface area (Å²) in [6.07, 6.45) is 1.60. The number of ether oxygens (including phenoxy) is 1. The van der Waals surface area contributed by atoms with Gasteiger partial charge in [-0.05, 0) is 26.8 Å². The van der Waals surface area contributed by atoms with E-state index >= 15 is 0 Å². The van der Waals surface area contributed by atoms with Gasteiger partial charge in [-0.25, -0.2) is 8.42 Å². The van der Waals surface area contributed by atoms with Gasteiger partial charge in [0.2, 0.25) is 10.0 Å². The number of hydrogen-bond acceptors (Lipinski definition) is 4. The average Bonchev–Trinajstić information content (AvgIpc) is 2.84. The molecule has 0 radical (unpaired) electrons. The van der Waals surface area contributed by atoms with Gasteiger partial charge in [0.05, 0.1) is 19.8 Å². The minimum atomic E-state index is -3.54. The number of hydrogen-bond donors (Lipinski definition) is 1. The molecule has 2 heterocycles. The molecule has 7 heteroatoms. The van der Waals surface area contributed by atoms with Crippen molar-refractivity contribution < 1.29 is 18.3 Å². The molecule has 1 unspecified atom stereocenters. The van der Waals surface area contributed by atoms with Gasteiger partial charge in [-0.2, -0.15) is 4.31 Å². The van der Waals surface area contributed by atoms with Gasteiger partial charge in [0, 0.05) is 30.5 Å². The van der Waals surface area contributed by atoms with Gasteiger partial charge in [0.1, 0.15) is 4.90 Å². The highest BCUT2D eigenvalue weighted by atomic mass is 32.2. The Hall–Kier alpha value is -0.890. The number of aliphatic hydroxyl groups excluding tert-OH is 1. The van der Waals surface area contributed by atoms with Gasteiger partial charge in [-0.3, -0.25) is 0 Å². The number of nitrogens with zero attached hydrogens (tertiary/aromatic N) is 2. The van der Waals surface area contributed by atoms with Crippen LogP contribution in [0.2, 0.25) is 0 Å². The zero-order valence-electron chi connectivity index (χ0n) is 12.1. The maximum absolute atomic E-state index is 12.7. The van der Waals surface area contributed by atoms with E-state index < -0.39 is 10.0 Å². The standard InChI is InChI=1S/C13H22N2O4S/c1-10(2)14-7-13(6-12(14)8-16)20(17,18)15-4-5-19-9-11(15)3/h6-7,10-11,16H,4-5,8-9H2,1-3H3. The van der Waals surface area contributed by atoms with Crippen LogP contribution in [0.15, 0.2) is 17.2 Å². The first-order chi connectivity index (χ1) is 9.37. The molecule has 6 nitrogen and oxygen atoms in total. The van der Waals surface area contributed by atoms with Crippen LogP contribution in [0.3, 0.4) is 0 Å². The van der Waals surface area contributed by atoms with Gasteiger partial charge in [-0.1, -0.05) is 0 Å². The monoisotopic (exact) mass is 302 g/mol. The van der Waals surface area contributed by atoms with E-state index in [0.29, 0.717) is 25.5 Å². The van der Waals surface area contributed by atoms with E-state index in [9.17, 15) is 13.5 Å². The fraction of sp³-hybridized carbons (Fsp3) is 0.692. The zero-order chi connectivity index (χ0) is 14.9. The van der Waals surface area contributed by atoms with Gasteiger partial charge >= 0.3 is 0 Å². The van der Waals surface area contributed by atoms with E-state index in [-0.39, 0.29) is 23.6 Å². The van der Waals surface area contributed by atoms with Crippen LogP contribution in [-0.2, 0) is 21.4 Å². The van der Waals surface area contributed by atoms with E-state index in [2.05, 4.69) is 0 Å². The highest BCUT2D eigenvalue weighted by Gasteiger charge is 2.32. The molecule has 114 valence electrons. The van der Waals surface area contributed by atoms with Gasteiger partial charge in [0.15, 0.2) is 0 Å². The SMILES string of the molecule is CC1COCCN1S(=O)(=O)c1cc(CO)n(C(C)C)c1. The van der Waals surface area contributed by atoms with Crippen LogP contribution >= 0.6 is 0 Å². The van der Waals surface area contributed by atoms with E-state index in [1.54, 1.807) is 16.8 Å². The van der Waals surface area contributed by atoms with Crippen LogP contribution in [-0.4, -0.2) is 48.2 Å². The summed E-state index contributed by atoms with van der Waals surface area (Å²) in [5.74, 6) is 0. The van der Waals surface area contributed by atoms with Crippen molar-refractivity contribution in [1.29, 1.82) is 0 Å². The molecule has 1 fully saturated rings. The van der Waals surface area contributed by atoms with E-state index in [4.69, 9.17) is 4.74 Å². The molecule has 0 saturated carbocycles. The van der Waals surface area contributed by atoms with Crippen LogP contribution in [0.4, 0.5) is 0 Å². The van der Waals surface area contributed by atoms with Crippen LogP contribution in [0.25, 0.3) is 0 Å². The number of morpholine rings is 1. The Balaban J connectivity index is 2.39. The molecule has 1 N–H and O–H groups in total. The molecule has 0 aliphatic carbocycles. The molecule has 1 aliphatic heterocycles. The van der Waals surface area contributed by atoms with Crippen molar-refractivity contribution in [2.75, 3.05) is 19.8 Å². The smallest absolute Gasteiger partial charge is 0.244 e. The number of aliphatic hydroxyl groups is 1. The molecule has 1 saturated heterocycles. The lowest BCUT2D eigenvalue weighted by Gasteiger charge is -2.31. The van der Waals surface area contributed by atoms with E-state index in [1.807, 2.05) is 20.8 Å². The summed E-state index contributed by atoms with van der Waals surface area (Å²) >= 11 is 0. The molecule has 0 amide bonds. The molecule has 2 rings (SSSR count). The van der Waals surface area contributed by atoms with Crippen molar-refractivity contribution in [3.63, 3.8) is 0 Å². The van der Waals surface area contributed by atoms with Crippen molar-refractivity contribution in [2.24, 2.45) is 0 Å². The summed E-state index contributed by atoms with van der Waals surface area (Å²) in [5, 5.41) is 9.36. The van der Waals surface area contributed by atoms with E-state index in [0.717, 1.165) is 0 Å². The maximum Gasteiger partial charge on any atom is 0.244 e. The Morgan fingerprint density at radius 3 is 2.70 bits per heavy atom. The highest BCUT2D eigenvalue weighted by molar-refractivity contribution is 7.89. The molecule has 1 aromatic rings. The first-order valence-corrected chi connectivity index (χ1v) is 8.23. The quantitative estimate of drug-likeness (QED) is 0.899. The van der Waals surface area contributed by atoms with Crippen molar-refractivity contribution in [3.8, 4) is 0 Å². The van der Waals surface area contributed by atoms with Crippen LogP contribution in [0.1, 0.15) is 32.5 Å². The van der Waals surface area contributed by atoms with Crippen LogP contribution in [0.5, 0.6) is 0 Å². The lowest BCUT2D eigenvalue weighted by molar-refractivity contribution is 0.0392. The lowest BCUT2D eigenvalue weighted by Crippen LogP contribution is -2.46. The molecule has 0 bridgehead atoms. The third-order valence-electron chi connectivity index (χ3n) is 3.54. The predicted molar refractivity (Wildman–Crippen MR) is 74.9 cm³/mol. The lowest BCUT2D eigenvalue weighted by atomic mass is 10.3. The topological polar surface area (TPSA) is 71.8 Å². The largest absolute Gasteiger partial charge is 0.390 e.